The fourth-order valence-electron chi connectivity index (χ4n) is 3.14. The molecule has 0 unspecified atom stereocenters. The molecule has 4 aromatic rings. The van der Waals surface area contributed by atoms with E-state index in [0.717, 1.165) is 11.1 Å². The second-order valence-corrected chi connectivity index (χ2v) is 7.43. The minimum atomic E-state index is -0.538. The highest BCUT2D eigenvalue weighted by Gasteiger charge is 2.14. The van der Waals surface area contributed by atoms with Crippen LogP contribution in [0.5, 0.6) is 11.5 Å². The Morgan fingerprint density at radius 1 is 0.971 bits per heavy atom. The Hall–Kier alpha value is -4.66. The molecule has 0 saturated carbocycles. The van der Waals surface area contributed by atoms with Crippen LogP contribution in [0, 0.1) is 6.92 Å². The van der Waals surface area contributed by atoms with Crippen molar-refractivity contribution in [3.05, 3.63) is 77.9 Å². The first-order valence-electron chi connectivity index (χ1n) is 10.3. The summed E-state index contributed by atoms with van der Waals surface area (Å²) in [4.78, 5) is 27.8. The number of rotatable bonds is 8. The second-order valence-electron chi connectivity index (χ2n) is 7.43. The summed E-state index contributed by atoms with van der Waals surface area (Å²) in [6.07, 6.45) is 0. The molecule has 3 aromatic carbocycles. The number of hydrogen-bond acceptors (Lipinski definition) is 7. The molecule has 0 aliphatic carbocycles. The Morgan fingerprint density at radius 2 is 1.68 bits per heavy atom. The Morgan fingerprint density at radius 3 is 2.35 bits per heavy atom. The summed E-state index contributed by atoms with van der Waals surface area (Å²) in [7, 11) is 1.50. The third-order valence-corrected chi connectivity index (χ3v) is 4.96. The number of aromatic nitrogens is 2. The van der Waals surface area contributed by atoms with E-state index in [0.29, 0.717) is 40.0 Å². The fraction of sp³-hybridized carbons (Fsp3) is 0.120. The summed E-state index contributed by atoms with van der Waals surface area (Å²) >= 11 is 0. The van der Waals surface area contributed by atoms with Gasteiger partial charge in [0.05, 0.1) is 7.11 Å². The van der Waals surface area contributed by atoms with Crippen LogP contribution in [0.25, 0.3) is 22.8 Å². The third-order valence-electron chi connectivity index (χ3n) is 4.96. The average Bonchev–Trinajstić information content (AvgIpc) is 3.34. The van der Waals surface area contributed by atoms with Gasteiger partial charge in [0.25, 0.3) is 11.8 Å². The van der Waals surface area contributed by atoms with Crippen LogP contribution in [0.4, 0.5) is 5.69 Å². The maximum Gasteiger partial charge on any atom is 0.262 e. The summed E-state index contributed by atoms with van der Waals surface area (Å²) in [5, 5.41) is 6.74. The molecule has 172 valence electrons. The number of aryl methyl sites for hydroxylation is 1. The van der Waals surface area contributed by atoms with Crippen molar-refractivity contribution < 1.29 is 23.6 Å². The largest absolute Gasteiger partial charge is 0.493 e. The van der Waals surface area contributed by atoms with E-state index in [1.54, 1.807) is 30.3 Å². The zero-order valence-electron chi connectivity index (χ0n) is 18.6. The fourth-order valence-corrected chi connectivity index (χ4v) is 3.14. The molecule has 1 aromatic heterocycles. The highest BCUT2D eigenvalue weighted by molar-refractivity contribution is 5.95. The van der Waals surface area contributed by atoms with Crippen molar-refractivity contribution in [2.24, 2.45) is 5.73 Å². The van der Waals surface area contributed by atoms with E-state index in [1.165, 1.54) is 19.2 Å². The monoisotopic (exact) mass is 458 g/mol. The molecule has 0 fully saturated rings. The van der Waals surface area contributed by atoms with Crippen LogP contribution in [0.1, 0.15) is 15.9 Å². The zero-order chi connectivity index (χ0) is 24.1. The number of benzene rings is 3. The van der Waals surface area contributed by atoms with Crippen LogP contribution < -0.4 is 20.5 Å². The molecule has 0 aliphatic heterocycles. The predicted molar refractivity (Wildman–Crippen MR) is 126 cm³/mol. The molecular weight excluding hydrogens is 436 g/mol. The third kappa shape index (κ3) is 5.21. The lowest BCUT2D eigenvalue weighted by Gasteiger charge is -2.11. The smallest absolute Gasteiger partial charge is 0.262 e. The number of amides is 2. The molecule has 0 saturated heterocycles. The Labute approximate surface area is 195 Å². The first-order chi connectivity index (χ1) is 16.4. The van der Waals surface area contributed by atoms with E-state index in [2.05, 4.69) is 15.5 Å². The normalized spacial score (nSPS) is 10.5. The van der Waals surface area contributed by atoms with Gasteiger partial charge in [-0.05, 0) is 61.5 Å². The summed E-state index contributed by atoms with van der Waals surface area (Å²) < 4.78 is 16.4. The number of primary amides is 1. The van der Waals surface area contributed by atoms with E-state index < -0.39 is 5.91 Å². The van der Waals surface area contributed by atoms with Gasteiger partial charge in [-0.3, -0.25) is 9.59 Å². The average molecular weight is 458 g/mol. The van der Waals surface area contributed by atoms with E-state index in [1.807, 2.05) is 31.2 Å². The van der Waals surface area contributed by atoms with Crippen molar-refractivity contribution >= 4 is 17.5 Å². The number of nitrogens with two attached hydrogens (primary N) is 1. The molecule has 34 heavy (non-hydrogen) atoms. The molecule has 1 heterocycles. The van der Waals surface area contributed by atoms with Crippen LogP contribution >= 0.6 is 0 Å². The molecule has 0 atom stereocenters. The minimum absolute atomic E-state index is 0.243. The summed E-state index contributed by atoms with van der Waals surface area (Å²) in [5.41, 5.74) is 8.72. The highest BCUT2D eigenvalue weighted by Crippen LogP contribution is 2.32. The van der Waals surface area contributed by atoms with E-state index in [4.69, 9.17) is 19.7 Å². The van der Waals surface area contributed by atoms with Crippen LogP contribution in [-0.2, 0) is 4.79 Å². The van der Waals surface area contributed by atoms with Crippen molar-refractivity contribution in [3.8, 4) is 34.3 Å². The second kappa shape index (κ2) is 9.86. The molecule has 4 rings (SSSR count). The summed E-state index contributed by atoms with van der Waals surface area (Å²) in [6, 6.07) is 19.1. The first kappa shape index (κ1) is 22.5. The maximum absolute atomic E-state index is 12.3. The molecule has 2 amide bonds. The minimum Gasteiger partial charge on any atom is -0.493 e. The molecule has 3 N–H and O–H groups in total. The van der Waals surface area contributed by atoms with E-state index >= 15 is 0 Å². The molecule has 9 nitrogen and oxygen atoms in total. The Kier molecular flexibility index (Phi) is 6.54. The van der Waals surface area contributed by atoms with Crippen molar-refractivity contribution in [2.45, 2.75) is 6.92 Å². The van der Waals surface area contributed by atoms with E-state index in [9.17, 15) is 9.59 Å². The Bertz CT molecular complexity index is 1310. The SMILES string of the molecule is COc1cc(-c2noc(-c3ccc(C)cc3)n2)ccc1OCC(=O)Nc1ccc(C(N)=O)cc1. The van der Waals surface area contributed by atoms with Gasteiger partial charge < -0.3 is 25.0 Å². The molecule has 0 radical (unpaired) electrons. The Balaban J connectivity index is 1.41. The van der Waals surface area contributed by atoms with Gasteiger partial charge in [0.15, 0.2) is 18.1 Å². The number of methoxy groups -OCH3 is 1. The number of anilines is 1. The number of carbonyl (C=O) groups excluding carboxylic acids is 2. The molecule has 9 heteroatoms. The highest BCUT2D eigenvalue weighted by atomic mass is 16.5. The van der Waals surface area contributed by atoms with Crippen molar-refractivity contribution in [1.29, 1.82) is 0 Å². The van der Waals surface area contributed by atoms with Crippen LogP contribution in [-0.4, -0.2) is 35.7 Å². The van der Waals surface area contributed by atoms with Gasteiger partial charge in [0.1, 0.15) is 0 Å². The van der Waals surface area contributed by atoms with Crippen LogP contribution in [0.3, 0.4) is 0 Å². The molecule has 0 bridgehead atoms. The number of ether oxygens (including phenoxy) is 2. The lowest BCUT2D eigenvalue weighted by Crippen LogP contribution is -2.20. The van der Waals surface area contributed by atoms with Crippen LogP contribution in [0.15, 0.2) is 71.3 Å². The van der Waals surface area contributed by atoms with Gasteiger partial charge in [0, 0.05) is 22.4 Å². The quantitative estimate of drug-likeness (QED) is 0.410. The standard InChI is InChI=1S/C25H22N4O5/c1-15-3-5-17(6-4-15)25-28-24(29-34-25)18-9-12-20(21(13-18)32-2)33-14-22(30)27-19-10-7-16(8-11-19)23(26)31/h3-13H,14H2,1-2H3,(H2,26,31)(H,27,30). The van der Waals surface area contributed by atoms with Gasteiger partial charge in [-0.25, -0.2) is 0 Å². The van der Waals surface area contributed by atoms with Gasteiger partial charge in [-0.15, -0.1) is 0 Å². The van der Waals surface area contributed by atoms with Crippen molar-refractivity contribution in [3.63, 3.8) is 0 Å². The number of hydrogen-bond donors (Lipinski definition) is 2. The lowest BCUT2D eigenvalue weighted by molar-refractivity contribution is -0.118. The first-order valence-corrected chi connectivity index (χ1v) is 10.3. The molecule has 0 aliphatic rings. The van der Waals surface area contributed by atoms with Gasteiger partial charge in [-0.2, -0.15) is 4.98 Å². The summed E-state index contributed by atoms with van der Waals surface area (Å²) in [6.45, 7) is 1.76. The number of carbonyl (C=O) groups is 2. The van der Waals surface area contributed by atoms with Gasteiger partial charge >= 0.3 is 0 Å². The lowest BCUT2D eigenvalue weighted by atomic mass is 10.1. The maximum atomic E-state index is 12.3. The van der Waals surface area contributed by atoms with Crippen molar-refractivity contribution in [2.75, 3.05) is 19.0 Å². The number of nitrogens with zero attached hydrogens (tertiary/aromatic N) is 2. The molecular formula is C25H22N4O5. The predicted octanol–water partition coefficient (Wildman–Crippen LogP) is 3.84. The topological polar surface area (TPSA) is 130 Å². The van der Waals surface area contributed by atoms with Gasteiger partial charge in [-0.1, -0.05) is 22.9 Å². The van der Waals surface area contributed by atoms with Crippen molar-refractivity contribution in [1.82, 2.24) is 10.1 Å². The zero-order valence-corrected chi connectivity index (χ0v) is 18.6. The summed E-state index contributed by atoms with van der Waals surface area (Å²) in [5.74, 6) is 0.695. The van der Waals surface area contributed by atoms with E-state index in [-0.39, 0.29) is 12.5 Å². The molecule has 0 spiro atoms. The van der Waals surface area contributed by atoms with Gasteiger partial charge in [0.2, 0.25) is 11.7 Å². The number of nitrogens with one attached hydrogen (secondary N) is 1. The van der Waals surface area contributed by atoms with Crippen LogP contribution in [0.2, 0.25) is 0 Å².